The molecule has 0 radical (unpaired) electrons. The molecule has 0 aliphatic carbocycles. The number of rotatable bonds is 7. The molecule has 0 rings (SSSR count). The summed E-state index contributed by atoms with van der Waals surface area (Å²) >= 11 is 0. The van der Waals surface area contributed by atoms with E-state index in [1.165, 1.54) is 0 Å². The number of carbonyl (C=O) groups is 2. The van der Waals surface area contributed by atoms with Crippen molar-refractivity contribution in [2.24, 2.45) is 5.92 Å². The van der Waals surface area contributed by atoms with Crippen molar-refractivity contribution in [1.29, 1.82) is 0 Å². The second kappa shape index (κ2) is 7.30. The molecule has 0 fully saturated rings. The predicted molar refractivity (Wildman–Crippen MR) is 54.9 cm³/mol. The van der Waals surface area contributed by atoms with E-state index in [4.69, 9.17) is 4.74 Å². The second-order valence-electron chi connectivity index (χ2n) is 3.05. The molecule has 14 heavy (non-hydrogen) atoms. The SMILES string of the molecule is C=CC[C@H](C(=O)CCC)C(=O)OCC. The number of allylic oxidation sites excluding steroid dienone is 1. The van der Waals surface area contributed by atoms with E-state index in [-0.39, 0.29) is 5.78 Å². The van der Waals surface area contributed by atoms with Crippen molar-refractivity contribution >= 4 is 11.8 Å². The summed E-state index contributed by atoms with van der Waals surface area (Å²) in [6.07, 6.45) is 3.13. The molecule has 0 aliphatic rings. The van der Waals surface area contributed by atoms with Crippen LogP contribution in [0, 0.1) is 5.92 Å². The Hall–Kier alpha value is -1.12. The Morgan fingerprint density at radius 1 is 1.43 bits per heavy atom. The van der Waals surface area contributed by atoms with Crippen molar-refractivity contribution in [3.05, 3.63) is 12.7 Å². The van der Waals surface area contributed by atoms with Crippen molar-refractivity contribution in [2.45, 2.75) is 33.1 Å². The van der Waals surface area contributed by atoms with E-state index in [0.717, 1.165) is 6.42 Å². The summed E-state index contributed by atoms with van der Waals surface area (Å²) in [7, 11) is 0. The lowest BCUT2D eigenvalue weighted by Gasteiger charge is -2.11. The van der Waals surface area contributed by atoms with Gasteiger partial charge in [0.25, 0.3) is 0 Å². The Morgan fingerprint density at radius 2 is 2.07 bits per heavy atom. The van der Waals surface area contributed by atoms with Crippen molar-refractivity contribution in [1.82, 2.24) is 0 Å². The summed E-state index contributed by atoms with van der Waals surface area (Å²) in [5, 5.41) is 0. The molecule has 0 aromatic heterocycles. The van der Waals surface area contributed by atoms with Gasteiger partial charge in [0, 0.05) is 6.42 Å². The first-order valence-corrected chi connectivity index (χ1v) is 4.97. The van der Waals surface area contributed by atoms with Gasteiger partial charge in [0.05, 0.1) is 6.61 Å². The van der Waals surface area contributed by atoms with Gasteiger partial charge in [-0.15, -0.1) is 6.58 Å². The molecule has 0 heterocycles. The van der Waals surface area contributed by atoms with Gasteiger partial charge in [-0.3, -0.25) is 9.59 Å². The van der Waals surface area contributed by atoms with Crippen LogP contribution in [0.1, 0.15) is 33.1 Å². The number of ether oxygens (including phenoxy) is 1. The predicted octanol–water partition coefficient (Wildman–Crippen LogP) is 2.11. The van der Waals surface area contributed by atoms with Gasteiger partial charge < -0.3 is 4.74 Å². The minimum absolute atomic E-state index is 0.0501. The number of hydrogen-bond acceptors (Lipinski definition) is 3. The maximum Gasteiger partial charge on any atom is 0.316 e. The van der Waals surface area contributed by atoms with Crippen molar-refractivity contribution in [3.63, 3.8) is 0 Å². The highest BCUT2D eigenvalue weighted by Crippen LogP contribution is 2.11. The fraction of sp³-hybridized carbons (Fsp3) is 0.636. The molecule has 0 aliphatic heterocycles. The van der Waals surface area contributed by atoms with Crippen LogP contribution in [0.25, 0.3) is 0 Å². The van der Waals surface area contributed by atoms with Crippen LogP contribution in [0.2, 0.25) is 0 Å². The van der Waals surface area contributed by atoms with Gasteiger partial charge in [-0.25, -0.2) is 0 Å². The number of carbonyl (C=O) groups excluding carboxylic acids is 2. The molecule has 0 spiro atoms. The molecule has 0 saturated heterocycles. The van der Waals surface area contributed by atoms with Crippen molar-refractivity contribution in [3.8, 4) is 0 Å². The highest BCUT2D eigenvalue weighted by Gasteiger charge is 2.25. The van der Waals surface area contributed by atoms with Gasteiger partial charge in [0.2, 0.25) is 0 Å². The molecule has 80 valence electrons. The summed E-state index contributed by atoms with van der Waals surface area (Å²) in [5.74, 6) is -1.12. The fourth-order valence-electron chi connectivity index (χ4n) is 1.19. The average Bonchev–Trinajstić information content (AvgIpc) is 2.14. The standard InChI is InChI=1S/C11H18O3/c1-4-7-9(10(12)8-5-2)11(13)14-6-3/h4,9H,1,5-8H2,2-3H3/t9-/m1/s1. The normalized spacial score (nSPS) is 11.9. The van der Waals surface area contributed by atoms with E-state index >= 15 is 0 Å². The third-order valence-electron chi connectivity index (χ3n) is 1.86. The molecule has 0 aromatic carbocycles. The molecule has 0 amide bonds. The minimum atomic E-state index is -0.646. The number of hydrogen-bond donors (Lipinski definition) is 0. The van der Waals surface area contributed by atoms with Crippen LogP contribution in [0.15, 0.2) is 12.7 Å². The molecule has 0 N–H and O–H groups in total. The van der Waals surface area contributed by atoms with E-state index in [9.17, 15) is 9.59 Å². The van der Waals surface area contributed by atoms with Gasteiger partial charge in [0.15, 0.2) is 0 Å². The van der Waals surface area contributed by atoms with Crippen molar-refractivity contribution < 1.29 is 14.3 Å². The van der Waals surface area contributed by atoms with E-state index in [1.807, 2.05) is 6.92 Å². The molecule has 3 nitrogen and oxygen atoms in total. The van der Waals surface area contributed by atoms with Crippen LogP contribution in [-0.2, 0) is 14.3 Å². The van der Waals surface area contributed by atoms with Gasteiger partial charge in [-0.05, 0) is 19.8 Å². The van der Waals surface area contributed by atoms with E-state index in [0.29, 0.717) is 19.4 Å². The lowest BCUT2D eigenvalue weighted by Crippen LogP contribution is -2.25. The van der Waals surface area contributed by atoms with Crippen LogP contribution in [0.5, 0.6) is 0 Å². The van der Waals surface area contributed by atoms with Crippen molar-refractivity contribution in [2.75, 3.05) is 6.61 Å². The molecule has 0 bridgehead atoms. The number of esters is 1. The summed E-state index contributed by atoms with van der Waals surface area (Å²) < 4.78 is 4.82. The lowest BCUT2D eigenvalue weighted by molar-refractivity contribution is -0.151. The van der Waals surface area contributed by atoms with Crippen LogP contribution in [0.3, 0.4) is 0 Å². The zero-order chi connectivity index (χ0) is 11.0. The number of ketones is 1. The summed E-state index contributed by atoms with van der Waals surface area (Å²) in [5.41, 5.74) is 0. The molecule has 1 atom stereocenters. The van der Waals surface area contributed by atoms with Crippen LogP contribution >= 0.6 is 0 Å². The largest absolute Gasteiger partial charge is 0.465 e. The molecule has 0 unspecified atom stereocenters. The van der Waals surface area contributed by atoms with Crippen LogP contribution < -0.4 is 0 Å². The second-order valence-corrected chi connectivity index (χ2v) is 3.05. The third kappa shape index (κ3) is 4.21. The molecular formula is C11H18O3. The topological polar surface area (TPSA) is 43.4 Å². The Bertz CT molecular complexity index is 191. The van der Waals surface area contributed by atoms with Gasteiger partial charge in [-0.2, -0.15) is 0 Å². The van der Waals surface area contributed by atoms with Gasteiger partial charge in [0.1, 0.15) is 11.7 Å². The highest BCUT2D eigenvalue weighted by molar-refractivity contribution is 5.99. The monoisotopic (exact) mass is 198 g/mol. The minimum Gasteiger partial charge on any atom is -0.465 e. The van der Waals surface area contributed by atoms with E-state index in [1.54, 1.807) is 13.0 Å². The average molecular weight is 198 g/mol. The summed E-state index contributed by atoms with van der Waals surface area (Å²) in [4.78, 5) is 22.9. The van der Waals surface area contributed by atoms with Crippen LogP contribution in [-0.4, -0.2) is 18.4 Å². The lowest BCUT2D eigenvalue weighted by atomic mass is 9.97. The maximum absolute atomic E-state index is 11.5. The first-order valence-electron chi connectivity index (χ1n) is 4.97. The summed E-state index contributed by atoms with van der Waals surface area (Å²) in [6.45, 7) is 7.48. The first-order chi connectivity index (χ1) is 6.67. The Balaban J connectivity index is 4.33. The zero-order valence-corrected chi connectivity index (χ0v) is 8.91. The quantitative estimate of drug-likeness (QED) is 0.357. The van der Waals surface area contributed by atoms with E-state index in [2.05, 4.69) is 6.58 Å². The smallest absolute Gasteiger partial charge is 0.316 e. The molecular weight excluding hydrogens is 180 g/mol. The molecule has 0 saturated carbocycles. The number of Topliss-reactive ketones (excluding diaryl/α,β-unsaturated/α-hetero) is 1. The molecule has 0 aromatic rings. The maximum atomic E-state index is 11.5. The first kappa shape index (κ1) is 12.9. The van der Waals surface area contributed by atoms with Gasteiger partial charge in [-0.1, -0.05) is 13.0 Å². The Labute approximate surface area is 85.1 Å². The highest BCUT2D eigenvalue weighted by atomic mass is 16.5. The Morgan fingerprint density at radius 3 is 2.50 bits per heavy atom. The summed E-state index contributed by atoms with van der Waals surface area (Å²) in [6, 6.07) is 0. The van der Waals surface area contributed by atoms with E-state index < -0.39 is 11.9 Å². The fourth-order valence-corrected chi connectivity index (χ4v) is 1.19. The third-order valence-corrected chi connectivity index (χ3v) is 1.86. The molecule has 3 heteroatoms. The Kier molecular flexibility index (Phi) is 6.72. The zero-order valence-electron chi connectivity index (χ0n) is 8.91. The van der Waals surface area contributed by atoms with Crippen LogP contribution in [0.4, 0.5) is 0 Å². The van der Waals surface area contributed by atoms with Gasteiger partial charge >= 0.3 is 5.97 Å².